The average Bonchev–Trinajstić information content (AvgIpc) is 2.44. The Hall–Kier alpha value is -1.33. The number of amidine groups is 1. The van der Waals surface area contributed by atoms with Crippen LogP contribution in [0.1, 0.15) is 18.4 Å². The Morgan fingerprint density at radius 3 is 2.79 bits per heavy atom. The highest BCUT2D eigenvalue weighted by Gasteiger charge is 2.22. The van der Waals surface area contributed by atoms with Crippen LogP contribution in [-0.2, 0) is 6.54 Å². The maximum atomic E-state index is 13.3. The fourth-order valence-electron chi connectivity index (χ4n) is 2.38. The molecule has 0 unspecified atom stereocenters. The third kappa shape index (κ3) is 3.36. The van der Waals surface area contributed by atoms with Crippen LogP contribution in [0.3, 0.4) is 0 Å². The van der Waals surface area contributed by atoms with E-state index in [2.05, 4.69) is 10.1 Å². The Morgan fingerprint density at radius 1 is 1.47 bits per heavy atom. The summed E-state index contributed by atoms with van der Waals surface area (Å²) in [5.41, 5.74) is 6.40. The minimum Gasteiger partial charge on any atom is -0.409 e. The first-order valence-corrected chi connectivity index (χ1v) is 6.62. The van der Waals surface area contributed by atoms with Gasteiger partial charge in [0.25, 0.3) is 0 Å². The lowest BCUT2D eigenvalue weighted by atomic mass is 9.95. The fraction of sp³-hybridized carbons (Fsp3) is 0.462. The van der Waals surface area contributed by atoms with Gasteiger partial charge in [0.2, 0.25) is 0 Å². The van der Waals surface area contributed by atoms with Crippen molar-refractivity contribution < 1.29 is 9.60 Å². The molecule has 104 valence electrons. The fourth-order valence-corrected chi connectivity index (χ4v) is 2.57. The third-order valence-electron chi connectivity index (χ3n) is 3.55. The van der Waals surface area contributed by atoms with Gasteiger partial charge in [-0.1, -0.05) is 28.9 Å². The number of halogens is 2. The second-order valence-electron chi connectivity index (χ2n) is 4.79. The van der Waals surface area contributed by atoms with Crippen LogP contribution in [-0.4, -0.2) is 29.0 Å². The lowest BCUT2D eigenvalue weighted by molar-refractivity contribution is 0.198. The van der Waals surface area contributed by atoms with E-state index in [4.69, 9.17) is 22.5 Å². The lowest BCUT2D eigenvalue weighted by Crippen LogP contribution is -2.38. The van der Waals surface area contributed by atoms with Gasteiger partial charge in [-0.3, -0.25) is 4.90 Å². The molecular formula is C13H17ClFN3O. The van der Waals surface area contributed by atoms with E-state index in [-0.39, 0.29) is 16.8 Å². The van der Waals surface area contributed by atoms with Crippen molar-refractivity contribution in [3.05, 3.63) is 34.6 Å². The number of hydrogen-bond acceptors (Lipinski definition) is 3. The molecule has 3 N–H and O–H groups in total. The zero-order valence-corrected chi connectivity index (χ0v) is 11.3. The third-order valence-corrected chi connectivity index (χ3v) is 3.97. The average molecular weight is 286 g/mol. The molecule has 1 heterocycles. The van der Waals surface area contributed by atoms with E-state index >= 15 is 0 Å². The SMILES string of the molecule is N/C(=N/O)C1CCN(Cc2cccc(F)c2Cl)CC1. The molecule has 6 heteroatoms. The van der Waals surface area contributed by atoms with Crippen LogP contribution in [0.2, 0.25) is 5.02 Å². The van der Waals surface area contributed by atoms with Gasteiger partial charge in [0.15, 0.2) is 0 Å². The molecule has 0 spiro atoms. The van der Waals surface area contributed by atoms with E-state index in [9.17, 15) is 4.39 Å². The standard InChI is InChI=1S/C13H17ClFN3O/c14-12-10(2-1-3-11(12)15)8-18-6-4-9(5-7-18)13(16)17-19/h1-3,9,19H,4-8H2,(H2,16,17). The Balaban J connectivity index is 1.94. The normalized spacial score (nSPS) is 18.7. The molecule has 0 radical (unpaired) electrons. The van der Waals surface area contributed by atoms with Crippen molar-refractivity contribution in [2.24, 2.45) is 16.8 Å². The quantitative estimate of drug-likeness (QED) is 0.388. The Bertz CT molecular complexity index is 473. The monoisotopic (exact) mass is 285 g/mol. The molecule has 1 saturated heterocycles. The highest BCUT2D eigenvalue weighted by molar-refractivity contribution is 6.31. The van der Waals surface area contributed by atoms with E-state index in [1.165, 1.54) is 6.07 Å². The summed E-state index contributed by atoms with van der Waals surface area (Å²) in [5.74, 6) is 0.0402. The summed E-state index contributed by atoms with van der Waals surface area (Å²) in [6, 6.07) is 4.86. The predicted octanol–water partition coefficient (Wildman–Crippen LogP) is 2.44. The van der Waals surface area contributed by atoms with Crippen LogP contribution < -0.4 is 5.73 Å². The Morgan fingerprint density at radius 2 is 2.16 bits per heavy atom. The van der Waals surface area contributed by atoms with Crippen LogP contribution in [0.5, 0.6) is 0 Å². The van der Waals surface area contributed by atoms with Gasteiger partial charge in [-0.15, -0.1) is 0 Å². The minimum absolute atomic E-state index is 0.129. The van der Waals surface area contributed by atoms with Crippen molar-refractivity contribution in [2.45, 2.75) is 19.4 Å². The number of oxime groups is 1. The van der Waals surface area contributed by atoms with Crippen LogP contribution in [0.15, 0.2) is 23.4 Å². The van der Waals surface area contributed by atoms with Gasteiger partial charge >= 0.3 is 0 Å². The predicted molar refractivity (Wildman–Crippen MR) is 72.8 cm³/mol. The molecule has 2 rings (SSSR count). The Labute approximate surface area is 116 Å². The van der Waals surface area contributed by atoms with E-state index < -0.39 is 0 Å². The molecule has 1 aromatic rings. The number of nitrogens with two attached hydrogens (primary N) is 1. The molecule has 19 heavy (non-hydrogen) atoms. The Kier molecular flexibility index (Phi) is 4.61. The van der Waals surface area contributed by atoms with Crippen LogP contribution >= 0.6 is 11.6 Å². The number of benzene rings is 1. The number of rotatable bonds is 3. The highest BCUT2D eigenvalue weighted by atomic mass is 35.5. The van der Waals surface area contributed by atoms with Crippen molar-refractivity contribution in [3.8, 4) is 0 Å². The van der Waals surface area contributed by atoms with Crippen molar-refractivity contribution in [3.63, 3.8) is 0 Å². The van der Waals surface area contributed by atoms with E-state index in [1.54, 1.807) is 6.07 Å². The van der Waals surface area contributed by atoms with Crippen molar-refractivity contribution in [2.75, 3.05) is 13.1 Å². The van der Waals surface area contributed by atoms with E-state index in [0.717, 1.165) is 31.5 Å². The first kappa shape index (κ1) is 14.1. The first-order chi connectivity index (χ1) is 9.11. The van der Waals surface area contributed by atoms with E-state index in [0.29, 0.717) is 12.4 Å². The summed E-state index contributed by atoms with van der Waals surface area (Å²) in [4.78, 5) is 2.20. The summed E-state index contributed by atoms with van der Waals surface area (Å²) in [7, 11) is 0. The molecule has 1 fully saturated rings. The molecular weight excluding hydrogens is 269 g/mol. The summed E-state index contributed by atoms with van der Waals surface area (Å²) >= 11 is 5.94. The van der Waals surface area contributed by atoms with Crippen molar-refractivity contribution in [1.82, 2.24) is 4.90 Å². The molecule has 0 aromatic heterocycles. The number of piperidine rings is 1. The largest absolute Gasteiger partial charge is 0.409 e. The molecule has 0 bridgehead atoms. The van der Waals surface area contributed by atoms with Crippen LogP contribution in [0.4, 0.5) is 4.39 Å². The summed E-state index contributed by atoms with van der Waals surface area (Å²) in [6.07, 6.45) is 1.67. The van der Waals surface area contributed by atoms with Crippen LogP contribution in [0, 0.1) is 11.7 Å². The second-order valence-corrected chi connectivity index (χ2v) is 5.17. The topological polar surface area (TPSA) is 61.9 Å². The van der Waals surface area contributed by atoms with Gasteiger partial charge < -0.3 is 10.9 Å². The molecule has 4 nitrogen and oxygen atoms in total. The molecule has 0 atom stereocenters. The summed E-state index contributed by atoms with van der Waals surface area (Å²) < 4.78 is 13.3. The zero-order chi connectivity index (χ0) is 13.8. The van der Waals surface area contributed by atoms with E-state index in [1.807, 2.05) is 6.07 Å². The molecule has 0 aliphatic carbocycles. The maximum absolute atomic E-state index is 13.3. The van der Waals surface area contributed by atoms with Gasteiger partial charge in [-0.05, 0) is 37.6 Å². The van der Waals surface area contributed by atoms with Gasteiger partial charge in [0.05, 0.1) is 5.02 Å². The number of hydrogen-bond donors (Lipinski definition) is 2. The summed E-state index contributed by atoms with van der Waals surface area (Å²) in [6.45, 7) is 2.28. The highest BCUT2D eigenvalue weighted by Crippen LogP contribution is 2.24. The number of likely N-dealkylation sites (tertiary alicyclic amines) is 1. The zero-order valence-electron chi connectivity index (χ0n) is 10.5. The first-order valence-electron chi connectivity index (χ1n) is 6.24. The second kappa shape index (κ2) is 6.21. The van der Waals surface area contributed by atoms with Crippen LogP contribution in [0.25, 0.3) is 0 Å². The molecule has 1 aromatic carbocycles. The smallest absolute Gasteiger partial charge is 0.142 e. The van der Waals surface area contributed by atoms with Gasteiger partial charge in [0.1, 0.15) is 11.7 Å². The molecule has 0 saturated carbocycles. The van der Waals surface area contributed by atoms with Crippen molar-refractivity contribution in [1.29, 1.82) is 0 Å². The molecule has 0 amide bonds. The van der Waals surface area contributed by atoms with Gasteiger partial charge in [-0.25, -0.2) is 4.39 Å². The molecule has 1 aliphatic rings. The van der Waals surface area contributed by atoms with Crippen molar-refractivity contribution >= 4 is 17.4 Å². The maximum Gasteiger partial charge on any atom is 0.142 e. The molecule has 1 aliphatic heterocycles. The minimum atomic E-state index is -0.384. The number of nitrogens with zero attached hydrogens (tertiary/aromatic N) is 2. The summed E-state index contributed by atoms with van der Waals surface area (Å²) in [5, 5.41) is 11.9. The van der Waals surface area contributed by atoms with Gasteiger partial charge in [-0.2, -0.15) is 0 Å². The van der Waals surface area contributed by atoms with Gasteiger partial charge in [0, 0.05) is 12.5 Å². The lowest BCUT2D eigenvalue weighted by Gasteiger charge is -2.31.